The number of nitrogens with one attached hydrogen (secondary N) is 2. The third kappa shape index (κ3) is 2.38. The topological polar surface area (TPSA) is 79.6 Å². The minimum Gasteiger partial charge on any atom is -0.399 e. The first-order valence-electron chi connectivity index (χ1n) is 4.39. The maximum absolute atomic E-state index is 5.98. The predicted molar refractivity (Wildman–Crippen MR) is 59.6 cm³/mol. The first-order chi connectivity index (χ1) is 7.25. The van der Waals surface area contributed by atoms with Gasteiger partial charge in [-0.1, -0.05) is 11.6 Å². The minimum atomic E-state index is 0.545. The summed E-state index contributed by atoms with van der Waals surface area (Å²) in [5.41, 5.74) is 7.04. The summed E-state index contributed by atoms with van der Waals surface area (Å²) < 4.78 is 0. The van der Waals surface area contributed by atoms with Gasteiger partial charge in [0, 0.05) is 5.69 Å². The van der Waals surface area contributed by atoms with Crippen molar-refractivity contribution < 1.29 is 0 Å². The van der Waals surface area contributed by atoms with Gasteiger partial charge < -0.3 is 11.1 Å². The number of aromatic amines is 1. The molecule has 0 saturated carbocycles. The zero-order valence-corrected chi connectivity index (χ0v) is 8.62. The summed E-state index contributed by atoms with van der Waals surface area (Å²) in [5.74, 6) is 0.753. The van der Waals surface area contributed by atoms with E-state index in [1.165, 1.54) is 6.33 Å². The maximum atomic E-state index is 5.98. The largest absolute Gasteiger partial charge is 0.399 e. The Bertz CT molecular complexity index is 440. The lowest BCUT2D eigenvalue weighted by atomic mass is 10.3. The molecule has 2 rings (SSSR count). The van der Waals surface area contributed by atoms with Crippen molar-refractivity contribution in [2.75, 3.05) is 11.1 Å². The van der Waals surface area contributed by atoms with E-state index in [4.69, 9.17) is 17.3 Å². The molecule has 0 aliphatic rings. The summed E-state index contributed by atoms with van der Waals surface area (Å²) >= 11 is 5.98. The van der Waals surface area contributed by atoms with E-state index in [2.05, 4.69) is 20.5 Å². The highest BCUT2D eigenvalue weighted by Gasteiger charge is 2.01. The highest BCUT2D eigenvalue weighted by Crippen LogP contribution is 2.24. The third-order valence-corrected chi connectivity index (χ3v) is 2.22. The standard InChI is InChI=1S/C9H10ClN5/c10-7-3-6(11)1-2-8(7)12-4-9-13-5-14-15-9/h1-3,5,12H,4,11H2,(H,13,14,15). The van der Waals surface area contributed by atoms with Crippen LogP contribution in [0.25, 0.3) is 0 Å². The SMILES string of the molecule is Nc1ccc(NCc2ncn[nH]2)c(Cl)c1. The van der Waals surface area contributed by atoms with E-state index in [9.17, 15) is 0 Å². The van der Waals surface area contributed by atoms with Crippen molar-refractivity contribution in [2.24, 2.45) is 0 Å². The van der Waals surface area contributed by atoms with Crippen molar-refractivity contribution in [1.82, 2.24) is 15.2 Å². The first kappa shape index (κ1) is 9.79. The molecule has 15 heavy (non-hydrogen) atoms. The second kappa shape index (κ2) is 4.18. The lowest BCUT2D eigenvalue weighted by Crippen LogP contribution is -2.02. The number of anilines is 2. The molecule has 0 bridgehead atoms. The molecule has 2 aromatic rings. The van der Waals surface area contributed by atoms with Gasteiger partial charge in [0.2, 0.25) is 0 Å². The normalized spacial score (nSPS) is 10.2. The second-order valence-corrected chi connectivity index (χ2v) is 3.43. The molecule has 4 N–H and O–H groups in total. The molecule has 0 fully saturated rings. The number of nitrogens with two attached hydrogens (primary N) is 1. The zero-order chi connectivity index (χ0) is 10.7. The van der Waals surface area contributed by atoms with Crippen LogP contribution in [0.2, 0.25) is 5.02 Å². The average molecular weight is 224 g/mol. The summed E-state index contributed by atoms with van der Waals surface area (Å²) in [6.07, 6.45) is 1.46. The lowest BCUT2D eigenvalue weighted by Gasteiger charge is -2.06. The molecular weight excluding hydrogens is 214 g/mol. The third-order valence-electron chi connectivity index (χ3n) is 1.90. The van der Waals surface area contributed by atoms with Crippen LogP contribution in [0.5, 0.6) is 0 Å². The van der Waals surface area contributed by atoms with Gasteiger partial charge in [-0.2, -0.15) is 5.10 Å². The van der Waals surface area contributed by atoms with E-state index < -0.39 is 0 Å². The molecule has 78 valence electrons. The Hall–Kier alpha value is -1.75. The van der Waals surface area contributed by atoms with Crippen LogP contribution in [-0.4, -0.2) is 15.2 Å². The van der Waals surface area contributed by atoms with E-state index >= 15 is 0 Å². The molecule has 1 aromatic carbocycles. The van der Waals surface area contributed by atoms with Crippen LogP contribution in [0.1, 0.15) is 5.82 Å². The minimum absolute atomic E-state index is 0.545. The van der Waals surface area contributed by atoms with Crippen molar-refractivity contribution in [1.29, 1.82) is 0 Å². The average Bonchev–Trinajstić information content (AvgIpc) is 2.69. The lowest BCUT2D eigenvalue weighted by molar-refractivity contribution is 0.955. The maximum Gasteiger partial charge on any atom is 0.143 e. The summed E-state index contributed by atoms with van der Waals surface area (Å²) in [6.45, 7) is 0.545. The Morgan fingerprint density at radius 1 is 1.47 bits per heavy atom. The van der Waals surface area contributed by atoms with Gasteiger partial charge in [0.1, 0.15) is 12.2 Å². The number of hydrogen-bond donors (Lipinski definition) is 3. The van der Waals surface area contributed by atoms with Crippen molar-refractivity contribution in [3.05, 3.63) is 35.4 Å². The van der Waals surface area contributed by atoms with Crippen LogP contribution in [0.3, 0.4) is 0 Å². The van der Waals surface area contributed by atoms with Gasteiger partial charge in [-0.25, -0.2) is 4.98 Å². The zero-order valence-electron chi connectivity index (χ0n) is 7.87. The van der Waals surface area contributed by atoms with E-state index in [-0.39, 0.29) is 0 Å². The molecule has 0 unspecified atom stereocenters. The predicted octanol–water partition coefficient (Wildman–Crippen LogP) is 1.65. The van der Waals surface area contributed by atoms with E-state index in [0.29, 0.717) is 17.3 Å². The number of nitrogens with zero attached hydrogens (tertiary/aromatic N) is 2. The second-order valence-electron chi connectivity index (χ2n) is 3.03. The molecule has 1 heterocycles. The fourth-order valence-corrected chi connectivity index (χ4v) is 1.43. The Morgan fingerprint density at radius 3 is 3.00 bits per heavy atom. The Kier molecular flexibility index (Phi) is 2.73. The number of aromatic nitrogens is 3. The van der Waals surface area contributed by atoms with Gasteiger partial charge in [-0.05, 0) is 18.2 Å². The molecule has 6 heteroatoms. The van der Waals surface area contributed by atoms with Crippen molar-refractivity contribution in [2.45, 2.75) is 6.54 Å². The van der Waals surface area contributed by atoms with Gasteiger partial charge in [0.15, 0.2) is 0 Å². The molecule has 1 aromatic heterocycles. The first-order valence-corrected chi connectivity index (χ1v) is 4.76. The smallest absolute Gasteiger partial charge is 0.143 e. The highest BCUT2D eigenvalue weighted by molar-refractivity contribution is 6.33. The van der Waals surface area contributed by atoms with Crippen molar-refractivity contribution in [3.63, 3.8) is 0 Å². The van der Waals surface area contributed by atoms with Gasteiger partial charge in [-0.15, -0.1) is 0 Å². The van der Waals surface area contributed by atoms with Crippen LogP contribution in [-0.2, 0) is 6.54 Å². The highest BCUT2D eigenvalue weighted by atomic mass is 35.5. The molecule has 0 saturated heterocycles. The molecule has 5 nitrogen and oxygen atoms in total. The fourth-order valence-electron chi connectivity index (χ4n) is 1.17. The molecular formula is C9H10ClN5. The van der Waals surface area contributed by atoms with Gasteiger partial charge in [-0.3, -0.25) is 5.10 Å². The van der Waals surface area contributed by atoms with Crippen molar-refractivity contribution >= 4 is 23.0 Å². The van der Waals surface area contributed by atoms with E-state index in [1.54, 1.807) is 12.1 Å². The monoisotopic (exact) mass is 223 g/mol. The van der Waals surface area contributed by atoms with Crippen LogP contribution in [0, 0.1) is 0 Å². The quantitative estimate of drug-likeness (QED) is 0.692. The Labute approximate surface area is 91.7 Å². The van der Waals surface area contributed by atoms with Crippen molar-refractivity contribution in [3.8, 4) is 0 Å². The molecule has 0 radical (unpaired) electrons. The number of benzene rings is 1. The number of rotatable bonds is 3. The number of nitrogen functional groups attached to an aromatic ring is 1. The number of halogens is 1. The fraction of sp³-hybridized carbons (Fsp3) is 0.111. The summed E-state index contributed by atoms with van der Waals surface area (Å²) in [4.78, 5) is 3.98. The van der Waals surface area contributed by atoms with Gasteiger partial charge in [0.05, 0.1) is 17.3 Å². The summed E-state index contributed by atoms with van der Waals surface area (Å²) in [6, 6.07) is 5.31. The molecule has 0 atom stereocenters. The van der Waals surface area contributed by atoms with E-state index in [0.717, 1.165) is 11.5 Å². The number of H-pyrrole nitrogens is 1. The Morgan fingerprint density at radius 2 is 2.33 bits per heavy atom. The van der Waals surface area contributed by atoms with Crippen LogP contribution >= 0.6 is 11.6 Å². The molecule has 0 aliphatic heterocycles. The molecule has 0 aliphatic carbocycles. The summed E-state index contributed by atoms with van der Waals surface area (Å²) in [7, 11) is 0. The molecule has 0 spiro atoms. The van der Waals surface area contributed by atoms with Crippen LogP contribution in [0.15, 0.2) is 24.5 Å². The van der Waals surface area contributed by atoms with Crippen LogP contribution in [0.4, 0.5) is 11.4 Å². The van der Waals surface area contributed by atoms with E-state index in [1.807, 2.05) is 6.07 Å². The summed E-state index contributed by atoms with van der Waals surface area (Å²) in [5, 5.41) is 10.2. The number of hydrogen-bond acceptors (Lipinski definition) is 4. The van der Waals surface area contributed by atoms with Crippen LogP contribution < -0.4 is 11.1 Å². The molecule has 0 amide bonds. The Balaban J connectivity index is 2.05. The van der Waals surface area contributed by atoms with Gasteiger partial charge >= 0.3 is 0 Å². The van der Waals surface area contributed by atoms with Gasteiger partial charge in [0.25, 0.3) is 0 Å².